The Morgan fingerprint density at radius 3 is 2.88 bits per heavy atom. The Kier molecular flexibility index (Phi) is 4.55. The van der Waals surface area contributed by atoms with Crippen molar-refractivity contribution in [2.24, 2.45) is 5.92 Å². The van der Waals surface area contributed by atoms with Gasteiger partial charge in [0, 0.05) is 24.1 Å². The van der Waals surface area contributed by atoms with E-state index >= 15 is 0 Å². The minimum atomic E-state index is -0.909. The van der Waals surface area contributed by atoms with Crippen LogP contribution >= 0.6 is 0 Å². The Labute approximate surface area is 188 Å². The monoisotopic (exact) mass is 447 g/mol. The van der Waals surface area contributed by atoms with Gasteiger partial charge in [0.15, 0.2) is 0 Å². The second-order valence-electron chi connectivity index (χ2n) is 8.91. The lowest BCUT2D eigenvalue weighted by Crippen LogP contribution is -2.15. The normalized spacial score (nSPS) is 23.6. The molecule has 168 valence electrons. The highest BCUT2D eigenvalue weighted by Gasteiger charge is 2.43. The third-order valence-electron chi connectivity index (χ3n) is 6.57. The molecule has 9 heteroatoms. The molecule has 3 heterocycles. The van der Waals surface area contributed by atoms with Crippen molar-refractivity contribution in [1.29, 1.82) is 0 Å². The van der Waals surface area contributed by atoms with Gasteiger partial charge in [0.2, 0.25) is 11.7 Å². The molecule has 8 nitrogen and oxygen atoms in total. The maximum absolute atomic E-state index is 13.3. The van der Waals surface area contributed by atoms with Crippen LogP contribution in [0.3, 0.4) is 0 Å². The van der Waals surface area contributed by atoms with E-state index in [9.17, 15) is 14.3 Å². The number of rotatable bonds is 6. The lowest BCUT2D eigenvalue weighted by atomic mass is 10.1. The first-order chi connectivity index (χ1) is 16.0. The van der Waals surface area contributed by atoms with Gasteiger partial charge < -0.3 is 14.9 Å². The highest BCUT2D eigenvalue weighted by molar-refractivity contribution is 6.04. The molecule has 2 fully saturated rings. The summed E-state index contributed by atoms with van der Waals surface area (Å²) in [6.07, 6.45) is 3.89. The fourth-order valence-electron chi connectivity index (χ4n) is 4.26. The number of pyridine rings is 1. The number of aliphatic hydroxyl groups excluding tert-OH is 1. The molecule has 1 aromatic carbocycles. The van der Waals surface area contributed by atoms with Crippen LogP contribution in [0.1, 0.15) is 52.2 Å². The first-order valence-corrected chi connectivity index (χ1v) is 11.0. The average Bonchev–Trinajstić information content (AvgIpc) is 3.64. The zero-order valence-electron chi connectivity index (χ0n) is 17.9. The minimum Gasteiger partial charge on any atom is -0.396 e. The number of alkyl halides is 1. The number of imidazole rings is 1. The molecule has 0 unspecified atom stereocenters. The van der Waals surface area contributed by atoms with Gasteiger partial charge in [-0.1, -0.05) is 17.3 Å². The van der Waals surface area contributed by atoms with E-state index < -0.39 is 6.17 Å². The summed E-state index contributed by atoms with van der Waals surface area (Å²) in [4.78, 5) is 21.8. The first kappa shape index (κ1) is 20.0. The summed E-state index contributed by atoms with van der Waals surface area (Å²) in [7, 11) is 0. The number of nitrogens with zero attached hydrogens (tertiary/aromatic N) is 4. The first-order valence-electron chi connectivity index (χ1n) is 11.0. The number of benzene rings is 1. The van der Waals surface area contributed by atoms with Crippen molar-refractivity contribution in [3.63, 3.8) is 0 Å². The van der Waals surface area contributed by atoms with Crippen molar-refractivity contribution in [3.8, 4) is 11.4 Å². The van der Waals surface area contributed by atoms with E-state index in [0.717, 1.165) is 17.5 Å². The van der Waals surface area contributed by atoms with Crippen LogP contribution in [0.2, 0.25) is 0 Å². The molecule has 3 aromatic heterocycles. The van der Waals surface area contributed by atoms with Crippen LogP contribution in [0.5, 0.6) is 0 Å². The summed E-state index contributed by atoms with van der Waals surface area (Å²) < 4.78 is 20.2. The number of carbonyl (C=O) groups is 1. The molecule has 1 amide bonds. The summed E-state index contributed by atoms with van der Waals surface area (Å²) in [5, 5.41) is 16.2. The van der Waals surface area contributed by atoms with Gasteiger partial charge >= 0.3 is 0 Å². The number of aryl methyl sites for hydroxylation is 1. The molecule has 4 atom stereocenters. The topological polar surface area (TPSA) is 106 Å². The van der Waals surface area contributed by atoms with E-state index in [-0.39, 0.29) is 18.4 Å². The third-order valence-corrected chi connectivity index (χ3v) is 6.57. The number of aromatic nitrogens is 4. The van der Waals surface area contributed by atoms with Crippen LogP contribution in [0.4, 0.5) is 10.1 Å². The standard InChI is InChI=1S/C24H22FN5O3/c1-12-2-3-14(22-28-24(33-29-22)17-9-18(17)25)7-19(12)27-23(32)20-10-26-21-8-13(4-5-30(20)21)16-6-15(16)11-31/h2-5,7-8,10,15-18,31H,6,9,11H2,1H3,(H,27,32)/t15-,16-,17-,18-/m0/s1. The summed E-state index contributed by atoms with van der Waals surface area (Å²) in [6, 6.07) is 9.44. The summed E-state index contributed by atoms with van der Waals surface area (Å²) in [5.41, 5.74) is 4.41. The number of aliphatic hydroxyl groups is 1. The van der Waals surface area contributed by atoms with Gasteiger partial charge in [0.05, 0.1) is 12.1 Å². The van der Waals surface area contributed by atoms with E-state index in [0.29, 0.717) is 52.6 Å². The second-order valence-corrected chi connectivity index (χ2v) is 8.91. The molecule has 2 aliphatic rings. The smallest absolute Gasteiger partial charge is 0.274 e. The highest BCUT2D eigenvalue weighted by atomic mass is 19.1. The van der Waals surface area contributed by atoms with Crippen LogP contribution in [-0.4, -0.2) is 43.3 Å². The molecule has 4 aromatic rings. The van der Waals surface area contributed by atoms with Gasteiger partial charge in [0.1, 0.15) is 17.5 Å². The van der Waals surface area contributed by atoms with Gasteiger partial charge in [-0.15, -0.1) is 0 Å². The van der Waals surface area contributed by atoms with Crippen molar-refractivity contribution in [3.05, 3.63) is 65.4 Å². The van der Waals surface area contributed by atoms with Crippen LogP contribution < -0.4 is 5.32 Å². The molecular weight excluding hydrogens is 425 g/mol. The number of anilines is 1. The molecule has 33 heavy (non-hydrogen) atoms. The lowest BCUT2D eigenvalue weighted by molar-refractivity contribution is 0.102. The third kappa shape index (κ3) is 3.58. The molecule has 2 aliphatic carbocycles. The number of hydrogen-bond donors (Lipinski definition) is 2. The minimum absolute atomic E-state index is 0.193. The van der Waals surface area contributed by atoms with Crippen LogP contribution in [0.15, 0.2) is 47.2 Å². The number of nitrogens with one attached hydrogen (secondary N) is 1. The molecule has 2 saturated carbocycles. The van der Waals surface area contributed by atoms with Gasteiger partial charge in [-0.25, -0.2) is 9.37 Å². The largest absolute Gasteiger partial charge is 0.396 e. The average molecular weight is 447 g/mol. The number of carbonyl (C=O) groups excluding carboxylic acids is 1. The van der Waals surface area contributed by atoms with Crippen LogP contribution in [-0.2, 0) is 0 Å². The van der Waals surface area contributed by atoms with E-state index in [1.54, 1.807) is 16.7 Å². The van der Waals surface area contributed by atoms with Crippen LogP contribution in [0, 0.1) is 12.8 Å². The molecule has 0 radical (unpaired) electrons. The zero-order valence-corrected chi connectivity index (χ0v) is 17.9. The second kappa shape index (κ2) is 7.48. The van der Waals surface area contributed by atoms with E-state index in [1.807, 2.05) is 37.4 Å². The van der Waals surface area contributed by atoms with E-state index in [1.165, 1.54) is 0 Å². The summed E-state index contributed by atoms with van der Waals surface area (Å²) in [6.45, 7) is 2.09. The summed E-state index contributed by atoms with van der Waals surface area (Å²) >= 11 is 0. The number of hydrogen-bond acceptors (Lipinski definition) is 6. The Bertz CT molecular complexity index is 1380. The number of amides is 1. The van der Waals surface area contributed by atoms with Gasteiger partial charge in [-0.2, -0.15) is 4.98 Å². The van der Waals surface area contributed by atoms with Crippen molar-refractivity contribution >= 4 is 17.2 Å². The maximum atomic E-state index is 13.3. The molecule has 0 aliphatic heterocycles. The Hall–Kier alpha value is -3.59. The fraction of sp³-hybridized carbons (Fsp3) is 0.333. The fourth-order valence-corrected chi connectivity index (χ4v) is 4.26. The Morgan fingerprint density at radius 1 is 1.27 bits per heavy atom. The van der Waals surface area contributed by atoms with Crippen LogP contribution in [0.25, 0.3) is 17.0 Å². The molecule has 2 N–H and O–H groups in total. The van der Waals surface area contributed by atoms with Crippen molar-refractivity contribution in [1.82, 2.24) is 19.5 Å². The van der Waals surface area contributed by atoms with Gasteiger partial charge in [0.25, 0.3) is 5.91 Å². The van der Waals surface area contributed by atoms with Crippen molar-refractivity contribution in [2.45, 2.75) is 37.8 Å². The molecule has 6 rings (SSSR count). The zero-order chi connectivity index (χ0) is 22.7. The van der Waals surface area contributed by atoms with E-state index in [2.05, 4.69) is 20.4 Å². The number of halogens is 1. The van der Waals surface area contributed by atoms with E-state index in [4.69, 9.17) is 4.52 Å². The molecular formula is C24H22FN5O3. The Balaban J connectivity index is 1.24. The van der Waals surface area contributed by atoms with Crippen molar-refractivity contribution in [2.75, 3.05) is 11.9 Å². The quantitative estimate of drug-likeness (QED) is 0.465. The molecule has 0 bridgehead atoms. The number of fused-ring (bicyclic) bond motifs is 1. The lowest BCUT2D eigenvalue weighted by Gasteiger charge is -2.10. The SMILES string of the molecule is Cc1ccc(-c2noc([C@H]3C[C@@H]3F)n2)cc1NC(=O)c1cnc2cc([C@@H]3C[C@H]3CO)ccn12. The molecule has 0 spiro atoms. The van der Waals surface area contributed by atoms with Gasteiger partial charge in [-0.3, -0.25) is 9.20 Å². The summed E-state index contributed by atoms with van der Waals surface area (Å²) in [5.74, 6) is 0.760. The van der Waals surface area contributed by atoms with Crippen molar-refractivity contribution < 1.29 is 18.8 Å². The maximum Gasteiger partial charge on any atom is 0.274 e. The highest BCUT2D eigenvalue weighted by Crippen LogP contribution is 2.47. The Morgan fingerprint density at radius 2 is 2.12 bits per heavy atom. The van der Waals surface area contributed by atoms with Gasteiger partial charge in [-0.05, 0) is 60.9 Å². The predicted octanol–water partition coefficient (Wildman–Crippen LogP) is 3.87. The molecule has 0 saturated heterocycles. The predicted molar refractivity (Wildman–Crippen MR) is 118 cm³/mol.